The molecule has 19 heavy (non-hydrogen) atoms. The van der Waals surface area contributed by atoms with E-state index in [1.165, 1.54) is 0 Å². The Hall–Kier alpha value is -2.75. The normalized spacial score (nSPS) is 11.2. The van der Waals surface area contributed by atoms with E-state index in [2.05, 4.69) is 15.2 Å². The number of aromatic nitrogens is 4. The van der Waals surface area contributed by atoms with Crippen molar-refractivity contribution in [2.75, 3.05) is 0 Å². The van der Waals surface area contributed by atoms with Crippen LogP contribution in [-0.4, -0.2) is 19.6 Å². The van der Waals surface area contributed by atoms with Gasteiger partial charge < -0.3 is 0 Å². The molecular formula is C15H10N4. The predicted octanol–water partition coefficient (Wildman–Crippen LogP) is 2.94. The highest BCUT2D eigenvalue weighted by Gasteiger charge is 2.10. The number of pyridine rings is 2. The lowest BCUT2D eigenvalue weighted by Crippen LogP contribution is -1.90. The second kappa shape index (κ2) is 3.88. The zero-order valence-corrected chi connectivity index (χ0v) is 10.1. The van der Waals surface area contributed by atoms with Gasteiger partial charge in [0.05, 0.1) is 5.52 Å². The van der Waals surface area contributed by atoms with Gasteiger partial charge in [0.25, 0.3) is 0 Å². The van der Waals surface area contributed by atoms with Crippen LogP contribution in [0.5, 0.6) is 0 Å². The molecule has 0 amide bonds. The highest BCUT2D eigenvalue weighted by atomic mass is 15.2. The van der Waals surface area contributed by atoms with Crippen LogP contribution in [0.4, 0.5) is 0 Å². The van der Waals surface area contributed by atoms with Gasteiger partial charge >= 0.3 is 0 Å². The molecule has 4 heteroatoms. The smallest absolute Gasteiger partial charge is 0.170 e. The second-order valence-corrected chi connectivity index (χ2v) is 4.34. The molecule has 4 nitrogen and oxygen atoms in total. The van der Waals surface area contributed by atoms with Gasteiger partial charge in [-0.2, -0.15) is 0 Å². The fourth-order valence-corrected chi connectivity index (χ4v) is 2.28. The van der Waals surface area contributed by atoms with Crippen LogP contribution >= 0.6 is 0 Å². The topological polar surface area (TPSA) is 43.1 Å². The molecule has 0 aliphatic rings. The van der Waals surface area contributed by atoms with Crippen LogP contribution in [0.25, 0.3) is 27.9 Å². The Balaban J connectivity index is 2.08. The molecule has 1 aromatic carbocycles. The summed E-state index contributed by atoms with van der Waals surface area (Å²) in [6, 6.07) is 16.0. The van der Waals surface area contributed by atoms with Gasteiger partial charge in [0.2, 0.25) is 0 Å². The van der Waals surface area contributed by atoms with Gasteiger partial charge in [0.1, 0.15) is 0 Å². The monoisotopic (exact) mass is 246 g/mol. The Morgan fingerprint density at radius 3 is 2.63 bits per heavy atom. The fourth-order valence-electron chi connectivity index (χ4n) is 2.28. The lowest BCUT2D eigenvalue weighted by Gasteiger charge is -2.01. The molecule has 0 radical (unpaired) electrons. The molecule has 90 valence electrons. The van der Waals surface area contributed by atoms with Crippen LogP contribution in [0.2, 0.25) is 0 Å². The van der Waals surface area contributed by atoms with E-state index in [1.54, 1.807) is 6.20 Å². The molecule has 0 aliphatic heterocycles. The van der Waals surface area contributed by atoms with Crippen molar-refractivity contribution in [1.29, 1.82) is 0 Å². The van der Waals surface area contributed by atoms with E-state index in [4.69, 9.17) is 0 Å². The Morgan fingerprint density at radius 2 is 1.74 bits per heavy atom. The summed E-state index contributed by atoms with van der Waals surface area (Å²) < 4.78 is 2.00. The molecule has 4 rings (SSSR count). The van der Waals surface area contributed by atoms with E-state index in [0.717, 1.165) is 27.9 Å². The van der Waals surface area contributed by atoms with Crippen LogP contribution in [0.15, 0.2) is 60.9 Å². The molecule has 0 saturated heterocycles. The third kappa shape index (κ3) is 1.50. The number of benzene rings is 1. The molecule has 0 aliphatic carbocycles. The van der Waals surface area contributed by atoms with Crippen LogP contribution in [-0.2, 0) is 0 Å². The van der Waals surface area contributed by atoms with Gasteiger partial charge in [-0.3, -0.25) is 9.38 Å². The highest BCUT2D eigenvalue weighted by Crippen LogP contribution is 2.22. The molecular weight excluding hydrogens is 236 g/mol. The fraction of sp³-hybridized carbons (Fsp3) is 0. The van der Waals surface area contributed by atoms with E-state index in [0.29, 0.717) is 0 Å². The lowest BCUT2D eigenvalue weighted by molar-refractivity contribution is 1.11. The van der Waals surface area contributed by atoms with Gasteiger partial charge in [-0.15, -0.1) is 10.2 Å². The maximum atomic E-state index is 4.33. The Bertz CT molecular complexity index is 865. The van der Waals surface area contributed by atoms with Crippen molar-refractivity contribution < 1.29 is 0 Å². The number of nitrogens with zero attached hydrogens (tertiary/aromatic N) is 4. The SMILES string of the molecule is c1ccc(-c2nnc3c4cccnc4ccn23)cc1. The predicted molar refractivity (Wildman–Crippen MR) is 73.7 cm³/mol. The van der Waals surface area contributed by atoms with Gasteiger partial charge in [0, 0.05) is 23.3 Å². The van der Waals surface area contributed by atoms with Crippen molar-refractivity contribution in [3.05, 3.63) is 60.9 Å². The molecule has 3 heterocycles. The highest BCUT2D eigenvalue weighted by molar-refractivity contribution is 5.91. The molecule has 4 aromatic rings. The molecule has 0 bridgehead atoms. The minimum atomic E-state index is 0.837. The van der Waals surface area contributed by atoms with Crippen LogP contribution < -0.4 is 0 Å². The molecule has 0 spiro atoms. The molecule has 0 unspecified atom stereocenters. The van der Waals surface area contributed by atoms with Gasteiger partial charge in [-0.05, 0) is 18.2 Å². The van der Waals surface area contributed by atoms with Crippen molar-refractivity contribution >= 4 is 16.6 Å². The summed E-state index contributed by atoms with van der Waals surface area (Å²) in [6.07, 6.45) is 3.75. The third-order valence-corrected chi connectivity index (χ3v) is 3.19. The largest absolute Gasteiger partial charge is 0.282 e. The first kappa shape index (κ1) is 10.2. The minimum Gasteiger partial charge on any atom is -0.282 e. The molecule has 3 aromatic heterocycles. The summed E-state index contributed by atoms with van der Waals surface area (Å²) in [5.74, 6) is 0.848. The molecule has 0 fully saturated rings. The summed E-state index contributed by atoms with van der Waals surface area (Å²) in [5, 5.41) is 9.61. The van der Waals surface area contributed by atoms with Crippen molar-refractivity contribution in [2.45, 2.75) is 0 Å². The van der Waals surface area contributed by atoms with Gasteiger partial charge in [0.15, 0.2) is 11.5 Å². The summed E-state index contributed by atoms with van der Waals surface area (Å²) in [6.45, 7) is 0. The van der Waals surface area contributed by atoms with Gasteiger partial charge in [-0.25, -0.2) is 0 Å². The zero-order chi connectivity index (χ0) is 12.7. The van der Waals surface area contributed by atoms with Crippen molar-refractivity contribution in [2.24, 2.45) is 0 Å². The number of rotatable bonds is 1. The number of hydrogen-bond donors (Lipinski definition) is 0. The standard InChI is InChI=1S/C15H10N4/c1-2-5-11(6-3-1)14-17-18-15-12-7-4-9-16-13(12)8-10-19(14)15/h1-10H. The minimum absolute atomic E-state index is 0.837. The zero-order valence-electron chi connectivity index (χ0n) is 10.1. The first-order valence-corrected chi connectivity index (χ1v) is 6.07. The molecule has 0 N–H and O–H groups in total. The first-order chi connectivity index (χ1) is 9.43. The first-order valence-electron chi connectivity index (χ1n) is 6.07. The van der Waals surface area contributed by atoms with Crippen molar-refractivity contribution in [1.82, 2.24) is 19.6 Å². The summed E-state index contributed by atoms with van der Waals surface area (Å²) in [5.41, 5.74) is 2.82. The van der Waals surface area contributed by atoms with E-state index in [1.807, 2.05) is 59.1 Å². The van der Waals surface area contributed by atoms with Crippen molar-refractivity contribution in [3.8, 4) is 11.4 Å². The number of hydrogen-bond acceptors (Lipinski definition) is 3. The molecule has 0 saturated carbocycles. The average molecular weight is 246 g/mol. The third-order valence-electron chi connectivity index (χ3n) is 3.19. The Morgan fingerprint density at radius 1 is 0.842 bits per heavy atom. The summed E-state index contributed by atoms with van der Waals surface area (Å²) in [4.78, 5) is 4.33. The summed E-state index contributed by atoms with van der Waals surface area (Å²) in [7, 11) is 0. The van der Waals surface area contributed by atoms with E-state index < -0.39 is 0 Å². The maximum Gasteiger partial charge on any atom is 0.170 e. The Kier molecular flexibility index (Phi) is 2.08. The maximum absolute atomic E-state index is 4.33. The van der Waals surface area contributed by atoms with Gasteiger partial charge in [-0.1, -0.05) is 30.3 Å². The number of fused-ring (bicyclic) bond motifs is 3. The van der Waals surface area contributed by atoms with E-state index >= 15 is 0 Å². The summed E-state index contributed by atoms with van der Waals surface area (Å²) >= 11 is 0. The quantitative estimate of drug-likeness (QED) is 0.518. The Labute approximate surface area is 109 Å². The molecule has 0 atom stereocenters. The van der Waals surface area contributed by atoms with Crippen LogP contribution in [0.1, 0.15) is 0 Å². The second-order valence-electron chi connectivity index (χ2n) is 4.34. The lowest BCUT2D eigenvalue weighted by atomic mass is 10.2. The van der Waals surface area contributed by atoms with E-state index in [-0.39, 0.29) is 0 Å². The van der Waals surface area contributed by atoms with Crippen LogP contribution in [0, 0.1) is 0 Å². The van der Waals surface area contributed by atoms with Crippen LogP contribution in [0.3, 0.4) is 0 Å². The van der Waals surface area contributed by atoms with E-state index in [9.17, 15) is 0 Å². The van der Waals surface area contributed by atoms with Crippen molar-refractivity contribution in [3.63, 3.8) is 0 Å². The average Bonchev–Trinajstić information content (AvgIpc) is 2.92.